The molecule has 0 saturated heterocycles. The van der Waals surface area contributed by atoms with E-state index in [2.05, 4.69) is 50.5 Å². The van der Waals surface area contributed by atoms with Crippen LogP contribution >= 0.6 is 15.9 Å². The molecule has 2 aromatic rings. The number of halogens is 1. The monoisotopic (exact) mass is 420 g/mol. The second kappa shape index (κ2) is 10.2. The van der Waals surface area contributed by atoms with Crippen LogP contribution in [0.2, 0.25) is 0 Å². The molecule has 5 N–H and O–H groups in total. The molecule has 0 bridgehead atoms. The summed E-state index contributed by atoms with van der Waals surface area (Å²) >= 11 is 3.50. The minimum absolute atomic E-state index is 0.423. The summed E-state index contributed by atoms with van der Waals surface area (Å²) in [5, 5.41) is 14.7. The van der Waals surface area contributed by atoms with Crippen molar-refractivity contribution < 1.29 is 9.90 Å². The summed E-state index contributed by atoms with van der Waals surface area (Å²) in [6.07, 6.45) is 0. The highest BCUT2D eigenvalue weighted by Crippen LogP contribution is 2.23. The quantitative estimate of drug-likeness (QED) is 0.500. The van der Waals surface area contributed by atoms with Crippen LogP contribution in [-0.2, 0) is 4.79 Å². The number of carbonyl (C=O) groups is 1. The van der Waals surface area contributed by atoms with E-state index in [9.17, 15) is 4.79 Å². The van der Waals surface area contributed by atoms with E-state index in [4.69, 9.17) is 10.8 Å². The number of hydrogen-bond donors (Lipinski definition) is 4. The van der Waals surface area contributed by atoms with E-state index in [1.165, 1.54) is 11.3 Å². The number of nitrogens with zero attached hydrogens (tertiary/aromatic N) is 1. The Morgan fingerprint density at radius 2 is 1.85 bits per heavy atom. The molecule has 0 aromatic heterocycles. The molecule has 7 heteroatoms. The maximum Gasteiger partial charge on any atom is 0.250 e. The van der Waals surface area contributed by atoms with Crippen LogP contribution < -0.4 is 21.3 Å². The highest BCUT2D eigenvalue weighted by atomic mass is 79.9. The normalized spacial score (nSPS) is 10.5. The van der Waals surface area contributed by atoms with Gasteiger partial charge in [-0.05, 0) is 55.0 Å². The number of carbonyl (C=O) groups excluding carboxylic acids is 1. The lowest BCUT2D eigenvalue weighted by atomic mass is 10.2. The Kier molecular flexibility index (Phi) is 7.90. The largest absolute Gasteiger partial charge is 0.387 e. The van der Waals surface area contributed by atoms with Gasteiger partial charge in [0, 0.05) is 47.7 Å². The molecule has 0 heterocycles. The van der Waals surface area contributed by atoms with Crippen molar-refractivity contribution in [2.24, 2.45) is 5.73 Å². The summed E-state index contributed by atoms with van der Waals surface area (Å²) in [7, 11) is 0. The molecule has 0 unspecified atom stereocenters. The van der Waals surface area contributed by atoms with E-state index in [-0.39, 0.29) is 0 Å². The topological polar surface area (TPSA) is 90.6 Å². The Morgan fingerprint density at radius 1 is 1.15 bits per heavy atom. The molecule has 2 aromatic carbocycles. The van der Waals surface area contributed by atoms with E-state index in [0.717, 1.165) is 29.8 Å². The van der Waals surface area contributed by atoms with Crippen LogP contribution in [-0.4, -0.2) is 43.8 Å². The van der Waals surface area contributed by atoms with Gasteiger partial charge in [0.25, 0.3) is 0 Å². The molecule has 1 amide bonds. The van der Waals surface area contributed by atoms with E-state index in [1.807, 2.05) is 18.2 Å². The van der Waals surface area contributed by atoms with E-state index in [1.54, 1.807) is 12.1 Å². The van der Waals surface area contributed by atoms with Crippen molar-refractivity contribution in [3.05, 3.63) is 52.5 Å². The van der Waals surface area contributed by atoms with Crippen molar-refractivity contribution in [1.82, 2.24) is 0 Å². The van der Waals surface area contributed by atoms with Gasteiger partial charge in [0.1, 0.15) is 6.61 Å². The summed E-state index contributed by atoms with van der Waals surface area (Å²) in [5.74, 6) is -0.423. The molecular formula is C19H25BrN4O2. The summed E-state index contributed by atoms with van der Waals surface area (Å²) in [5.41, 5.74) is 9.78. The molecule has 0 aliphatic carbocycles. The lowest BCUT2D eigenvalue weighted by molar-refractivity contribution is -0.118. The molecule has 0 fully saturated rings. The van der Waals surface area contributed by atoms with E-state index in [0.29, 0.717) is 12.2 Å². The molecule has 0 aliphatic rings. The van der Waals surface area contributed by atoms with Crippen molar-refractivity contribution in [3.63, 3.8) is 0 Å². The molecule has 6 nitrogen and oxygen atoms in total. The van der Waals surface area contributed by atoms with Crippen LogP contribution in [0.5, 0.6) is 0 Å². The van der Waals surface area contributed by atoms with Gasteiger partial charge in [0.2, 0.25) is 5.91 Å². The van der Waals surface area contributed by atoms with Gasteiger partial charge in [0.05, 0.1) is 0 Å². The number of nitrogens with one attached hydrogen (secondary N) is 2. The summed E-state index contributed by atoms with van der Waals surface area (Å²) in [6, 6.07) is 13.6. The second-order valence-electron chi connectivity index (χ2n) is 5.92. The molecule has 0 radical (unpaired) electrons. The Hall–Kier alpha value is -2.09. The Balaban J connectivity index is 1.92. The number of aliphatic hydroxyl groups excluding tert-OH is 1. The van der Waals surface area contributed by atoms with Crippen molar-refractivity contribution >= 4 is 38.9 Å². The standard InChI is InChI=1S/C19H25BrN4O2/c1-14-12-15(20)2-7-18(14)24(10-8-21)11-9-22-16-3-5-17(6-4-16)23-19(26)13-25/h2-7,12,22,25H,8-11,13,21H2,1H3,(H,23,26). The number of anilines is 3. The molecular weight excluding hydrogens is 396 g/mol. The predicted octanol–water partition coefficient (Wildman–Crippen LogP) is 2.57. The zero-order chi connectivity index (χ0) is 18.9. The SMILES string of the molecule is Cc1cc(Br)ccc1N(CCN)CCNc1ccc(NC(=O)CO)cc1. The number of benzene rings is 2. The van der Waals surface area contributed by atoms with Gasteiger partial charge in [-0.1, -0.05) is 15.9 Å². The van der Waals surface area contributed by atoms with Crippen molar-refractivity contribution in [3.8, 4) is 0 Å². The zero-order valence-corrected chi connectivity index (χ0v) is 16.4. The first kappa shape index (κ1) is 20.2. The fraction of sp³-hybridized carbons (Fsp3) is 0.316. The molecule has 140 valence electrons. The number of amides is 1. The first-order chi connectivity index (χ1) is 12.5. The van der Waals surface area contributed by atoms with Gasteiger partial charge in [-0.25, -0.2) is 0 Å². The minimum Gasteiger partial charge on any atom is -0.387 e. The van der Waals surface area contributed by atoms with Gasteiger partial charge in [0.15, 0.2) is 0 Å². The van der Waals surface area contributed by atoms with E-state index >= 15 is 0 Å². The minimum atomic E-state index is -0.521. The number of rotatable bonds is 9. The fourth-order valence-electron chi connectivity index (χ4n) is 2.69. The summed E-state index contributed by atoms with van der Waals surface area (Å²) in [6.45, 7) is 4.54. The first-order valence-corrected chi connectivity index (χ1v) is 9.28. The van der Waals surface area contributed by atoms with Gasteiger partial charge < -0.3 is 26.4 Å². The summed E-state index contributed by atoms with van der Waals surface area (Å²) in [4.78, 5) is 13.4. The van der Waals surface area contributed by atoms with Gasteiger partial charge >= 0.3 is 0 Å². The molecule has 0 atom stereocenters. The number of hydrogen-bond acceptors (Lipinski definition) is 5. The maximum absolute atomic E-state index is 11.2. The van der Waals surface area contributed by atoms with Crippen molar-refractivity contribution in [2.45, 2.75) is 6.92 Å². The van der Waals surface area contributed by atoms with Crippen LogP contribution in [0.1, 0.15) is 5.56 Å². The lowest BCUT2D eigenvalue weighted by Crippen LogP contribution is -2.34. The number of nitrogens with two attached hydrogens (primary N) is 1. The van der Waals surface area contributed by atoms with Gasteiger partial charge in [-0.3, -0.25) is 4.79 Å². The number of aryl methyl sites for hydroxylation is 1. The Morgan fingerprint density at radius 3 is 2.46 bits per heavy atom. The molecule has 0 aliphatic heterocycles. The van der Waals surface area contributed by atoms with Gasteiger partial charge in [-0.2, -0.15) is 0 Å². The third-order valence-electron chi connectivity index (χ3n) is 3.92. The fourth-order valence-corrected chi connectivity index (χ4v) is 3.16. The average molecular weight is 421 g/mol. The second-order valence-corrected chi connectivity index (χ2v) is 6.83. The molecule has 2 rings (SSSR count). The lowest BCUT2D eigenvalue weighted by Gasteiger charge is -2.26. The van der Waals surface area contributed by atoms with Crippen molar-refractivity contribution in [2.75, 3.05) is 48.3 Å². The van der Waals surface area contributed by atoms with Crippen LogP contribution in [0.4, 0.5) is 17.1 Å². The van der Waals surface area contributed by atoms with Crippen LogP contribution in [0.3, 0.4) is 0 Å². The summed E-state index contributed by atoms with van der Waals surface area (Å²) < 4.78 is 1.07. The van der Waals surface area contributed by atoms with Gasteiger partial charge in [-0.15, -0.1) is 0 Å². The van der Waals surface area contributed by atoms with Crippen molar-refractivity contribution in [1.29, 1.82) is 0 Å². The highest BCUT2D eigenvalue weighted by molar-refractivity contribution is 9.10. The first-order valence-electron chi connectivity index (χ1n) is 8.49. The van der Waals surface area contributed by atoms with E-state index < -0.39 is 12.5 Å². The Labute approximate surface area is 162 Å². The third kappa shape index (κ3) is 6.01. The van der Waals surface area contributed by atoms with Crippen LogP contribution in [0, 0.1) is 6.92 Å². The van der Waals surface area contributed by atoms with Crippen LogP contribution in [0.15, 0.2) is 46.9 Å². The maximum atomic E-state index is 11.2. The Bertz CT molecular complexity index is 722. The number of aliphatic hydroxyl groups is 1. The van der Waals surface area contributed by atoms with Crippen LogP contribution in [0.25, 0.3) is 0 Å². The third-order valence-corrected chi connectivity index (χ3v) is 4.41. The smallest absolute Gasteiger partial charge is 0.250 e. The molecule has 0 saturated carbocycles. The molecule has 0 spiro atoms. The zero-order valence-electron chi connectivity index (χ0n) is 14.8. The highest BCUT2D eigenvalue weighted by Gasteiger charge is 2.09. The predicted molar refractivity (Wildman–Crippen MR) is 111 cm³/mol. The molecule has 26 heavy (non-hydrogen) atoms. The average Bonchev–Trinajstić information content (AvgIpc) is 2.62.